The number of hydrogen-bond acceptors (Lipinski definition) is 5. The van der Waals surface area contributed by atoms with Gasteiger partial charge in [-0.25, -0.2) is 0 Å². The smallest absolute Gasteiger partial charge is 0.221 e. The van der Waals surface area contributed by atoms with Crippen molar-refractivity contribution in [3.63, 3.8) is 0 Å². The Morgan fingerprint density at radius 1 is 1.70 bits per heavy atom. The summed E-state index contributed by atoms with van der Waals surface area (Å²) in [5, 5.41) is 7.41. The van der Waals surface area contributed by atoms with E-state index in [1.54, 1.807) is 13.8 Å². The summed E-state index contributed by atoms with van der Waals surface area (Å²) in [4.78, 5) is 11.1. The van der Waals surface area contributed by atoms with Gasteiger partial charge in [0.25, 0.3) is 0 Å². The van der Waals surface area contributed by atoms with Crippen LogP contribution in [0.5, 0.6) is 0 Å². The Hall–Kier alpha value is -0.420. The summed E-state index contributed by atoms with van der Waals surface area (Å²) < 4.78 is 0. The topological polar surface area (TPSA) is 67.8 Å². The van der Waals surface area contributed by atoms with Gasteiger partial charge < -0.3 is 0 Å². The lowest BCUT2D eigenvalue weighted by molar-refractivity contribution is -0.114. The summed E-state index contributed by atoms with van der Waals surface area (Å²) in [6.45, 7) is 3.44. The quantitative estimate of drug-likeness (QED) is 0.566. The molecule has 10 heavy (non-hydrogen) atoms. The molecule has 0 aromatic carbocycles. The summed E-state index contributed by atoms with van der Waals surface area (Å²) in [5.74, 6) is 0. The molecule has 1 aliphatic heterocycles. The monoisotopic (exact) mass is 159 g/mol. The van der Waals surface area contributed by atoms with Crippen LogP contribution in [-0.2, 0) is 4.79 Å². The predicted molar refractivity (Wildman–Crippen MR) is 39.5 cm³/mol. The van der Waals surface area contributed by atoms with E-state index < -0.39 is 11.0 Å². The summed E-state index contributed by atoms with van der Waals surface area (Å²) in [6, 6.07) is 0. The molecule has 0 bridgehead atoms. The van der Waals surface area contributed by atoms with Crippen LogP contribution in [0, 0.1) is 0 Å². The first-order valence-electron chi connectivity index (χ1n) is 2.91. The average molecular weight is 159 g/mol. The zero-order valence-corrected chi connectivity index (χ0v) is 6.68. The second kappa shape index (κ2) is 2.32. The van der Waals surface area contributed by atoms with Crippen LogP contribution in [-0.4, -0.2) is 16.2 Å². The van der Waals surface area contributed by atoms with Gasteiger partial charge in [0.2, 0.25) is 5.12 Å². The van der Waals surface area contributed by atoms with Gasteiger partial charge in [0.15, 0.2) is 5.50 Å². The molecule has 0 fully saturated rings. The van der Waals surface area contributed by atoms with E-state index in [0.29, 0.717) is 0 Å². The predicted octanol–water partition coefficient (Wildman–Crippen LogP) is 0.733. The van der Waals surface area contributed by atoms with Crippen LogP contribution >= 0.6 is 11.8 Å². The first-order valence-corrected chi connectivity index (χ1v) is 3.79. The van der Waals surface area contributed by atoms with E-state index in [4.69, 9.17) is 5.73 Å². The Morgan fingerprint density at radius 3 is 2.70 bits per heavy atom. The lowest BCUT2D eigenvalue weighted by Gasteiger charge is -2.21. The maximum atomic E-state index is 11.1. The highest BCUT2D eigenvalue weighted by molar-refractivity contribution is 8.14. The van der Waals surface area contributed by atoms with E-state index in [0.717, 1.165) is 11.8 Å². The van der Waals surface area contributed by atoms with E-state index in [1.165, 1.54) is 0 Å². The summed E-state index contributed by atoms with van der Waals surface area (Å²) in [5.41, 5.74) is 4.15. The van der Waals surface area contributed by atoms with Crippen molar-refractivity contribution in [3.8, 4) is 0 Å². The molecule has 0 radical (unpaired) electrons. The van der Waals surface area contributed by atoms with Gasteiger partial charge in [-0.15, -0.1) is 0 Å². The fourth-order valence-corrected chi connectivity index (χ4v) is 1.16. The van der Waals surface area contributed by atoms with Gasteiger partial charge in [-0.2, -0.15) is 10.2 Å². The minimum atomic E-state index is -0.680. The molecule has 1 heterocycles. The van der Waals surface area contributed by atoms with Gasteiger partial charge >= 0.3 is 0 Å². The average Bonchev–Trinajstić information content (AvgIpc) is 1.81. The number of rotatable bonds is 0. The number of nitrogens with zero attached hydrogens (tertiary/aromatic N) is 2. The highest BCUT2D eigenvalue weighted by Gasteiger charge is 2.32. The third kappa shape index (κ3) is 1.35. The molecule has 0 spiro atoms. The van der Waals surface area contributed by atoms with Crippen LogP contribution in [0.25, 0.3) is 0 Å². The maximum absolute atomic E-state index is 11.1. The number of thioether (sulfide) groups is 1. The third-order valence-electron chi connectivity index (χ3n) is 1.15. The molecule has 0 saturated heterocycles. The van der Waals surface area contributed by atoms with Gasteiger partial charge in [0.1, 0.15) is 5.54 Å². The fourth-order valence-electron chi connectivity index (χ4n) is 0.520. The molecule has 56 valence electrons. The molecular formula is C5H9N3OS. The van der Waals surface area contributed by atoms with Crippen molar-refractivity contribution in [2.45, 2.75) is 24.9 Å². The SMILES string of the molecule is CC1(C)N=NC(N)SC1=O. The van der Waals surface area contributed by atoms with Gasteiger partial charge in [-0.1, -0.05) is 0 Å². The lowest BCUT2D eigenvalue weighted by Crippen LogP contribution is -2.33. The van der Waals surface area contributed by atoms with E-state index in [1.807, 2.05) is 0 Å². The number of azo groups is 1. The van der Waals surface area contributed by atoms with Crippen molar-refractivity contribution in [1.82, 2.24) is 0 Å². The molecule has 5 heteroatoms. The van der Waals surface area contributed by atoms with Gasteiger partial charge in [-0.3, -0.25) is 10.5 Å². The molecule has 1 unspecified atom stereocenters. The van der Waals surface area contributed by atoms with Crippen LogP contribution in [0.1, 0.15) is 13.8 Å². The minimum absolute atomic E-state index is 0.0185. The van der Waals surface area contributed by atoms with Gasteiger partial charge in [-0.05, 0) is 25.6 Å². The number of nitrogens with two attached hydrogens (primary N) is 1. The molecule has 1 aliphatic rings. The molecule has 0 aromatic rings. The third-order valence-corrected chi connectivity index (χ3v) is 2.20. The summed E-state index contributed by atoms with van der Waals surface area (Å²) in [7, 11) is 0. The minimum Gasteiger partial charge on any atom is -0.299 e. The second-order valence-electron chi connectivity index (χ2n) is 2.57. The van der Waals surface area contributed by atoms with Crippen molar-refractivity contribution in [2.75, 3.05) is 0 Å². The highest BCUT2D eigenvalue weighted by atomic mass is 32.2. The molecule has 0 saturated carbocycles. The lowest BCUT2D eigenvalue weighted by atomic mass is 10.1. The van der Waals surface area contributed by atoms with Crippen LogP contribution in [0.2, 0.25) is 0 Å². The highest BCUT2D eigenvalue weighted by Crippen LogP contribution is 2.27. The maximum Gasteiger partial charge on any atom is 0.221 e. The van der Waals surface area contributed by atoms with Crippen LogP contribution in [0.3, 0.4) is 0 Å². The Morgan fingerprint density at radius 2 is 2.30 bits per heavy atom. The van der Waals surface area contributed by atoms with Crippen molar-refractivity contribution < 1.29 is 4.79 Å². The van der Waals surface area contributed by atoms with Crippen molar-refractivity contribution in [1.29, 1.82) is 0 Å². The first kappa shape index (κ1) is 7.68. The molecule has 1 atom stereocenters. The van der Waals surface area contributed by atoms with Crippen LogP contribution in [0.4, 0.5) is 0 Å². The van der Waals surface area contributed by atoms with E-state index in [9.17, 15) is 4.79 Å². The zero-order valence-electron chi connectivity index (χ0n) is 5.87. The van der Waals surface area contributed by atoms with E-state index in [-0.39, 0.29) is 5.12 Å². The van der Waals surface area contributed by atoms with Gasteiger partial charge in [0.05, 0.1) is 0 Å². The number of hydrogen-bond donors (Lipinski definition) is 1. The number of carbonyl (C=O) groups excluding carboxylic acids is 1. The standard InChI is InChI=1S/C5H9N3OS/c1-5(2)3(9)10-4(6)7-8-5/h4H,6H2,1-2H3. The molecule has 0 amide bonds. The molecule has 0 aromatic heterocycles. The van der Waals surface area contributed by atoms with Crippen LogP contribution in [0.15, 0.2) is 10.2 Å². The Bertz CT molecular complexity index is 189. The van der Waals surface area contributed by atoms with E-state index >= 15 is 0 Å². The summed E-state index contributed by atoms with van der Waals surface area (Å²) in [6.07, 6.45) is 0. The Balaban J connectivity index is 2.83. The van der Waals surface area contributed by atoms with Crippen molar-refractivity contribution >= 4 is 16.9 Å². The molecule has 4 nitrogen and oxygen atoms in total. The van der Waals surface area contributed by atoms with E-state index in [2.05, 4.69) is 10.2 Å². The van der Waals surface area contributed by atoms with Crippen molar-refractivity contribution in [3.05, 3.63) is 0 Å². The van der Waals surface area contributed by atoms with Crippen molar-refractivity contribution in [2.24, 2.45) is 16.0 Å². The van der Waals surface area contributed by atoms with Crippen LogP contribution < -0.4 is 5.73 Å². The first-order chi connectivity index (χ1) is 4.52. The molecule has 1 rings (SSSR count). The molecule has 0 aliphatic carbocycles. The molecule has 2 N–H and O–H groups in total. The fraction of sp³-hybridized carbons (Fsp3) is 0.800. The number of carbonyl (C=O) groups is 1. The zero-order chi connectivity index (χ0) is 7.78. The van der Waals surface area contributed by atoms with Gasteiger partial charge in [0, 0.05) is 0 Å². The largest absolute Gasteiger partial charge is 0.299 e. The molecular weight excluding hydrogens is 150 g/mol. The Kier molecular flexibility index (Phi) is 1.78. The normalized spacial score (nSPS) is 30.7. The second-order valence-corrected chi connectivity index (χ2v) is 3.66. The Labute approximate surface area is 63.3 Å². The summed E-state index contributed by atoms with van der Waals surface area (Å²) >= 11 is 1.03.